The summed E-state index contributed by atoms with van der Waals surface area (Å²) in [5.74, 6) is 0.855. The van der Waals surface area contributed by atoms with Crippen molar-refractivity contribution in [1.82, 2.24) is 10.2 Å². The van der Waals surface area contributed by atoms with Crippen molar-refractivity contribution < 1.29 is 0 Å². The van der Waals surface area contributed by atoms with Crippen molar-refractivity contribution in [2.75, 3.05) is 26.7 Å². The average molecular weight is 246 g/mol. The van der Waals surface area contributed by atoms with E-state index in [1.54, 1.807) is 0 Å². The summed E-state index contributed by atoms with van der Waals surface area (Å²) < 4.78 is 0. The molecule has 0 unspecified atom stereocenters. The Kier molecular flexibility index (Phi) is 4.79. The normalized spacial score (nSPS) is 19.9. The van der Waals surface area contributed by atoms with E-state index in [0.717, 1.165) is 12.5 Å². The number of hydrogen-bond donors (Lipinski definition) is 1. The summed E-state index contributed by atoms with van der Waals surface area (Å²) in [6, 6.07) is 9.28. The van der Waals surface area contributed by atoms with Crippen molar-refractivity contribution in [2.45, 2.75) is 32.7 Å². The molecule has 1 heterocycles. The molecule has 0 aromatic heterocycles. The first kappa shape index (κ1) is 13.6. The summed E-state index contributed by atoms with van der Waals surface area (Å²) in [5, 5.41) is 3.69. The number of likely N-dealkylation sites (tertiary alicyclic amines) is 1. The Bertz CT molecular complexity index is 367. The first-order valence-electron chi connectivity index (χ1n) is 7.13. The third kappa shape index (κ3) is 3.82. The van der Waals surface area contributed by atoms with Crippen LogP contribution in [0.1, 0.15) is 36.9 Å². The molecule has 2 nitrogen and oxygen atoms in total. The zero-order chi connectivity index (χ0) is 13.0. The van der Waals surface area contributed by atoms with Crippen molar-refractivity contribution in [1.29, 1.82) is 0 Å². The van der Waals surface area contributed by atoms with E-state index in [1.165, 1.54) is 37.1 Å². The maximum atomic E-state index is 3.69. The molecule has 0 bridgehead atoms. The molecule has 1 aromatic rings. The lowest BCUT2D eigenvalue weighted by Gasteiger charge is -2.30. The maximum absolute atomic E-state index is 3.69. The number of rotatable bonds is 4. The van der Waals surface area contributed by atoms with Gasteiger partial charge in [0.25, 0.3) is 0 Å². The summed E-state index contributed by atoms with van der Waals surface area (Å²) in [7, 11) is 2.22. The number of nitrogens with zero attached hydrogens (tertiary/aromatic N) is 1. The zero-order valence-electron chi connectivity index (χ0n) is 11.9. The van der Waals surface area contributed by atoms with Crippen molar-refractivity contribution in [3.63, 3.8) is 0 Å². The molecule has 100 valence electrons. The topological polar surface area (TPSA) is 15.3 Å². The van der Waals surface area contributed by atoms with E-state index in [0.29, 0.717) is 6.04 Å². The quantitative estimate of drug-likeness (QED) is 0.878. The van der Waals surface area contributed by atoms with E-state index in [9.17, 15) is 0 Å². The van der Waals surface area contributed by atoms with Crippen LogP contribution in [0.15, 0.2) is 24.3 Å². The van der Waals surface area contributed by atoms with E-state index in [4.69, 9.17) is 0 Å². The van der Waals surface area contributed by atoms with Crippen LogP contribution in [0, 0.1) is 12.8 Å². The van der Waals surface area contributed by atoms with Crippen LogP contribution in [0.2, 0.25) is 0 Å². The second-order valence-corrected chi connectivity index (χ2v) is 5.79. The fourth-order valence-electron chi connectivity index (χ4n) is 2.67. The summed E-state index contributed by atoms with van der Waals surface area (Å²) >= 11 is 0. The van der Waals surface area contributed by atoms with Crippen molar-refractivity contribution >= 4 is 0 Å². The molecule has 1 fully saturated rings. The smallest absolute Gasteiger partial charge is 0.0292 e. The Morgan fingerprint density at radius 2 is 2.06 bits per heavy atom. The van der Waals surface area contributed by atoms with Gasteiger partial charge in [0, 0.05) is 6.04 Å². The first-order valence-corrected chi connectivity index (χ1v) is 7.13. The highest BCUT2D eigenvalue weighted by atomic mass is 15.1. The number of hydrogen-bond acceptors (Lipinski definition) is 2. The summed E-state index contributed by atoms with van der Waals surface area (Å²) in [6.07, 6.45) is 2.67. The average Bonchev–Trinajstić information content (AvgIpc) is 2.38. The van der Waals surface area contributed by atoms with Crippen LogP contribution in [0.3, 0.4) is 0 Å². The highest BCUT2D eigenvalue weighted by molar-refractivity contribution is 5.24. The molecule has 1 aliphatic heterocycles. The lowest BCUT2D eigenvalue weighted by Crippen LogP contribution is -2.35. The number of benzene rings is 1. The lowest BCUT2D eigenvalue weighted by atomic mass is 9.96. The Hall–Kier alpha value is -0.860. The minimum atomic E-state index is 0.463. The van der Waals surface area contributed by atoms with Crippen LogP contribution in [0.25, 0.3) is 0 Å². The largest absolute Gasteiger partial charge is 0.310 e. The first-order chi connectivity index (χ1) is 8.65. The monoisotopic (exact) mass is 246 g/mol. The highest BCUT2D eigenvalue weighted by Gasteiger charge is 2.17. The molecule has 0 aliphatic carbocycles. The van der Waals surface area contributed by atoms with E-state index in [2.05, 4.69) is 55.4 Å². The molecular weight excluding hydrogens is 220 g/mol. The molecule has 1 saturated heterocycles. The molecule has 18 heavy (non-hydrogen) atoms. The minimum absolute atomic E-state index is 0.463. The van der Waals surface area contributed by atoms with Gasteiger partial charge in [0.2, 0.25) is 0 Å². The van der Waals surface area contributed by atoms with Crippen molar-refractivity contribution in [3.05, 3.63) is 35.4 Å². The molecule has 0 radical (unpaired) electrons. The molecule has 1 aliphatic rings. The molecular formula is C16H26N2. The molecule has 0 spiro atoms. The Morgan fingerprint density at radius 1 is 1.33 bits per heavy atom. The van der Waals surface area contributed by atoms with Crippen LogP contribution in [-0.2, 0) is 0 Å². The maximum Gasteiger partial charge on any atom is 0.0292 e. The third-order valence-electron chi connectivity index (χ3n) is 4.09. The van der Waals surface area contributed by atoms with Gasteiger partial charge in [0.15, 0.2) is 0 Å². The zero-order valence-corrected chi connectivity index (χ0v) is 11.9. The Labute approximate surface area is 111 Å². The van der Waals surface area contributed by atoms with Crippen LogP contribution in [0.5, 0.6) is 0 Å². The van der Waals surface area contributed by atoms with Crippen LogP contribution >= 0.6 is 0 Å². The number of piperidine rings is 1. The fourth-order valence-corrected chi connectivity index (χ4v) is 2.67. The molecule has 0 saturated carbocycles. The van der Waals surface area contributed by atoms with E-state index in [-0.39, 0.29) is 0 Å². The van der Waals surface area contributed by atoms with Gasteiger partial charge in [-0.2, -0.15) is 0 Å². The predicted octanol–water partition coefficient (Wildman–Crippen LogP) is 2.99. The van der Waals surface area contributed by atoms with Gasteiger partial charge in [0.05, 0.1) is 0 Å². The second-order valence-electron chi connectivity index (χ2n) is 5.79. The summed E-state index contributed by atoms with van der Waals surface area (Å²) in [6.45, 7) is 8.09. The molecule has 1 atom stereocenters. The fraction of sp³-hybridized carbons (Fsp3) is 0.625. The van der Waals surface area contributed by atoms with E-state index >= 15 is 0 Å². The van der Waals surface area contributed by atoms with E-state index < -0.39 is 0 Å². The number of aryl methyl sites for hydroxylation is 1. The van der Waals surface area contributed by atoms with Gasteiger partial charge < -0.3 is 10.2 Å². The number of nitrogens with one attached hydrogen (secondary N) is 1. The molecule has 1 aromatic carbocycles. The second kappa shape index (κ2) is 6.35. The van der Waals surface area contributed by atoms with Gasteiger partial charge in [-0.25, -0.2) is 0 Å². The minimum Gasteiger partial charge on any atom is -0.310 e. The van der Waals surface area contributed by atoms with Crippen LogP contribution in [0.4, 0.5) is 0 Å². The van der Waals surface area contributed by atoms with Gasteiger partial charge in [-0.05, 0) is 64.9 Å². The van der Waals surface area contributed by atoms with Crippen LogP contribution < -0.4 is 5.32 Å². The molecule has 1 N–H and O–H groups in total. The van der Waals surface area contributed by atoms with Crippen molar-refractivity contribution in [2.24, 2.45) is 5.92 Å². The van der Waals surface area contributed by atoms with E-state index in [1.807, 2.05) is 0 Å². The predicted molar refractivity (Wildman–Crippen MR) is 77.8 cm³/mol. The van der Waals surface area contributed by atoms with Gasteiger partial charge in [-0.3, -0.25) is 0 Å². The summed E-state index contributed by atoms with van der Waals surface area (Å²) in [4.78, 5) is 2.43. The summed E-state index contributed by atoms with van der Waals surface area (Å²) in [5.41, 5.74) is 2.75. The molecule has 2 rings (SSSR count). The van der Waals surface area contributed by atoms with Gasteiger partial charge in [0.1, 0.15) is 0 Å². The molecule has 2 heteroatoms. The van der Waals surface area contributed by atoms with Gasteiger partial charge >= 0.3 is 0 Å². The van der Waals surface area contributed by atoms with Crippen molar-refractivity contribution in [3.8, 4) is 0 Å². The Morgan fingerprint density at radius 3 is 2.72 bits per heavy atom. The van der Waals surface area contributed by atoms with Crippen LogP contribution in [-0.4, -0.2) is 31.6 Å². The lowest BCUT2D eigenvalue weighted by molar-refractivity contribution is 0.213. The third-order valence-corrected chi connectivity index (χ3v) is 4.09. The Balaban J connectivity index is 1.79. The highest BCUT2D eigenvalue weighted by Crippen LogP contribution is 2.18. The van der Waals surface area contributed by atoms with Gasteiger partial charge in [-0.15, -0.1) is 0 Å². The standard InChI is InChI=1S/C16H26N2/c1-13-5-4-6-16(11-13)14(2)17-12-15-7-9-18(3)10-8-15/h4-6,11,14-15,17H,7-10,12H2,1-3H3/t14-/m1/s1. The molecule has 0 amide bonds. The van der Waals surface area contributed by atoms with Gasteiger partial charge in [-0.1, -0.05) is 29.8 Å². The SMILES string of the molecule is Cc1cccc([C@@H](C)NCC2CCN(C)CC2)c1.